The second kappa shape index (κ2) is 7.66. The van der Waals surface area contributed by atoms with Crippen molar-refractivity contribution in [3.05, 3.63) is 68.6 Å². The van der Waals surface area contributed by atoms with E-state index in [1.165, 1.54) is 11.3 Å². The topological polar surface area (TPSA) is 45.2 Å². The third-order valence-electron chi connectivity index (χ3n) is 3.92. The molecule has 26 heavy (non-hydrogen) atoms. The van der Waals surface area contributed by atoms with Gasteiger partial charge in [0.1, 0.15) is 0 Å². The molecule has 0 atom stereocenters. The van der Waals surface area contributed by atoms with Gasteiger partial charge in [0.2, 0.25) is 0 Å². The van der Waals surface area contributed by atoms with Gasteiger partial charge in [0.25, 0.3) is 0 Å². The molecule has 0 fully saturated rings. The van der Waals surface area contributed by atoms with E-state index in [9.17, 15) is 4.79 Å². The molecule has 1 heterocycles. The van der Waals surface area contributed by atoms with Crippen molar-refractivity contribution in [2.45, 2.75) is 20.8 Å². The molecule has 7 heteroatoms. The maximum absolute atomic E-state index is 13.0. The van der Waals surface area contributed by atoms with Crippen LogP contribution in [0.25, 0.3) is 0 Å². The quantitative estimate of drug-likeness (QED) is 0.523. The summed E-state index contributed by atoms with van der Waals surface area (Å²) in [4.78, 5) is 20.0. The summed E-state index contributed by atoms with van der Waals surface area (Å²) in [6, 6.07) is 10.5. The van der Waals surface area contributed by atoms with Gasteiger partial charge in [0.15, 0.2) is 5.13 Å². The van der Waals surface area contributed by atoms with Crippen molar-refractivity contribution in [2.75, 3.05) is 10.2 Å². The van der Waals surface area contributed by atoms with Crippen molar-refractivity contribution < 1.29 is 4.79 Å². The summed E-state index contributed by atoms with van der Waals surface area (Å²) in [7, 11) is 0. The number of nitrogens with one attached hydrogen (secondary N) is 1. The van der Waals surface area contributed by atoms with Crippen LogP contribution < -0.4 is 10.2 Å². The predicted octanol–water partition coefficient (Wildman–Crippen LogP) is 6.75. The van der Waals surface area contributed by atoms with Crippen LogP contribution in [0.5, 0.6) is 0 Å². The Bertz CT molecular complexity index is 971. The molecule has 0 saturated heterocycles. The Hall–Kier alpha value is -2.08. The van der Waals surface area contributed by atoms with Gasteiger partial charge in [-0.1, -0.05) is 29.3 Å². The molecular formula is C19H17Cl2N3OS. The second-order valence-electron chi connectivity index (χ2n) is 5.92. The molecule has 3 aromatic rings. The van der Waals surface area contributed by atoms with E-state index < -0.39 is 0 Å². The molecular weight excluding hydrogens is 389 g/mol. The van der Waals surface area contributed by atoms with Gasteiger partial charge in [-0.05, 0) is 62.2 Å². The van der Waals surface area contributed by atoms with E-state index >= 15 is 0 Å². The predicted molar refractivity (Wildman–Crippen MR) is 110 cm³/mol. The minimum atomic E-state index is -0.319. The maximum atomic E-state index is 13.0. The number of nitrogens with zero attached hydrogens (tertiary/aromatic N) is 2. The zero-order valence-corrected chi connectivity index (χ0v) is 16.8. The molecule has 134 valence electrons. The van der Waals surface area contributed by atoms with Crippen LogP contribution in [-0.2, 0) is 0 Å². The summed E-state index contributed by atoms with van der Waals surface area (Å²) in [6.07, 6.45) is 1.75. The third-order valence-corrected chi connectivity index (χ3v) is 5.56. The van der Waals surface area contributed by atoms with Crippen molar-refractivity contribution in [3.63, 3.8) is 0 Å². The number of urea groups is 1. The number of hydrogen-bond acceptors (Lipinski definition) is 3. The van der Waals surface area contributed by atoms with Crippen molar-refractivity contribution in [1.82, 2.24) is 4.98 Å². The fourth-order valence-electron chi connectivity index (χ4n) is 2.38. The first-order valence-corrected chi connectivity index (χ1v) is 9.48. The maximum Gasteiger partial charge on any atom is 0.332 e. The average molecular weight is 406 g/mol. The molecule has 0 saturated carbocycles. The summed E-state index contributed by atoms with van der Waals surface area (Å²) in [5.74, 6) is 0. The molecule has 0 bridgehead atoms. The highest BCUT2D eigenvalue weighted by molar-refractivity contribution is 7.15. The largest absolute Gasteiger partial charge is 0.332 e. The van der Waals surface area contributed by atoms with E-state index in [1.54, 1.807) is 29.3 Å². The Morgan fingerprint density at radius 1 is 1.04 bits per heavy atom. The van der Waals surface area contributed by atoms with E-state index in [0.717, 1.165) is 21.7 Å². The molecule has 1 N–H and O–H groups in total. The van der Waals surface area contributed by atoms with Gasteiger partial charge in [-0.3, -0.25) is 0 Å². The fraction of sp³-hybridized carbons (Fsp3) is 0.158. The molecule has 2 amide bonds. The molecule has 4 nitrogen and oxygen atoms in total. The van der Waals surface area contributed by atoms with Gasteiger partial charge >= 0.3 is 6.03 Å². The van der Waals surface area contributed by atoms with Crippen LogP contribution in [0.15, 0.2) is 42.6 Å². The lowest BCUT2D eigenvalue weighted by Gasteiger charge is -2.21. The molecule has 0 unspecified atom stereocenters. The molecule has 1 aromatic heterocycles. The first-order valence-electron chi connectivity index (χ1n) is 7.91. The van der Waals surface area contributed by atoms with Gasteiger partial charge in [0.05, 0.1) is 15.7 Å². The number of aryl methyl sites for hydroxylation is 3. The summed E-state index contributed by atoms with van der Waals surface area (Å²) >= 11 is 13.4. The van der Waals surface area contributed by atoms with Gasteiger partial charge < -0.3 is 5.32 Å². The van der Waals surface area contributed by atoms with E-state index in [-0.39, 0.29) is 6.03 Å². The standard InChI is InChI=1S/C19H17Cl2N3OS/c1-11-4-6-15(8-12(11)2)24(19-22-10-13(3)26-19)18(25)23-14-5-7-16(20)17(21)9-14/h4-10H,1-3H3,(H,23,25). The summed E-state index contributed by atoms with van der Waals surface area (Å²) in [5, 5.41) is 4.28. The number of benzene rings is 2. The first-order chi connectivity index (χ1) is 12.3. The highest BCUT2D eigenvalue weighted by Gasteiger charge is 2.22. The van der Waals surface area contributed by atoms with E-state index in [4.69, 9.17) is 23.2 Å². The van der Waals surface area contributed by atoms with E-state index in [0.29, 0.717) is 20.9 Å². The Kier molecular flexibility index (Phi) is 5.51. The van der Waals surface area contributed by atoms with Gasteiger partial charge in [-0.15, -0.1) is 11.3 Å². The SMILES string of the molecule is Cc1cnc(N(C(=O)Nc2ccc(Cl)c(Cl)c2)c2ccc(C)c(C)c2)s1. The van der Waals surface area contributed by atoms with E-state index in [1.807, 2.05) is 39.0 Å². The average Bonchev–Trinajstić information content (AvgIpc) is 3.00. The second-order valence-corrected chi connectivity index (χ2v) is 7.94. The van der Waals surface area contributed by atoms with Crippen LogP contribution in [0.2, 0.25) is 10.0 Å². The number of thiazole rings is 1. The molecule has 0 aliphatic heterocycles. The summed E-state index contributed by atoms with van der Waals surface area (Å²) < 4.78 is 0. The highest BCUT2D eigenvalue weighted by atomic mass is 35.5. The normalized spacial score (nSPS) is 10.7. The van der Waals surface area contributed by atoms with Crippen LogP contribution in [0.4, 0.5) is 21.3 Å². The van der Waals surface area contributed by atoms with Crippen LogP contribution >= 0.6 is 34.5 Å². The smallest absolute Gasteiger partial charge is 0.307 e. The summed E-state index contributed by atoms with van der Waals surface area (Å²) in [6.45, 7) is 6.00. The summed E-state index contributed by atoms with van der Waals surface area (Å²) in [5.41, 5.74) is 3.57. The number of rotatable bonds is 3. The van der Waals surface area contributed by atoms with Gasteiger partial charge in [0, 0.05) is 16.8 Å². The molecule has 0 aliphatic carbocycles. The van der Waals surface area contributed by atoms with E-state index in [2.05, 4.69) is 10.3 Å². The number of carbonyl (C=O) groups is 1. The Labute approximate surface area is 166 Å². The Morgan fingerprint density at radius 2 is 1.81 bits per heavy atom. The van der Waals surface area contributed by atoms with Crippen LogP contribution in [-0.4, -0.2) is 11.0 Å². The zero-order valence-electron chi connectivity index (χ0n) is 14.5. The number of carbonyl (C=O) groups excluding carboxylic acids is 1. The number of amides is 2. The van der Waals surface area contributed by atoms with Crippen LogP contribution in [0, 0.1) is 20.8 Å². The lowest BCUT2D eigenvalue weighted by molar-refractivity contribution is 0.259. The lowest BCUT2D eigenvalue weighted by atomic mass is 10.1. The number of hydrogen-bond donors (Lipinski definition) is 1. The monoisotopic (exact) mass is 405 g/mol. The van der Waals surface area contributed by atoms with Gasteiger partial charge in [-0.2, -0.15) is 0 Å². The van der Waals surface area contributed by atoms with Gasteiger partial charge in [-0.25, -0.2) is 14.7 Å². The minimum Gasteiger partial charge on any atom is -0.307 e. The molecule has 0 aliphatic rings. The van der Waals surface area contributed by atoms with Crippen molar-refractivity contribution >= 4 is 57.1 Å². The molecule has 0 radical (unpaired) electrons. The van der Waals surface area contributed by atoms with Crippen molar-refractivity contribution in [1.29, 1.82) is 0 Å². The fourth-order valence-corrected chi connectivity index (χ4v) is 3.46. The Morgan fingerprint density at radius 3 is 2.42 bits per heavy atom. The molecule has 0 spiro atoms. The highest BCUT2D eigenvalue weighted by Crippen LogP contribution is 2.32. The minimum absolute atomic E-state index is 0.319. The number of anilines is 3. The number of halogens is 2. The Balaban J connectivity index is 1.98. The zero-order chi connectivity index (χ0) is 18.8. The van der Waals surface area contributed by atoms with Crippen LogP contribution in [0.1, 0.15) is 16.0 Å². The third kappa shape index (κ3) is 4.01. The first kappa shape index (κ1) is 18.7. The van der Waals surface area contributed by atoms with Crippen molar-refractivity contribution in [2.24, 2.45) is 0 Å². The lowest BCUT2D eigenvalue weighted by Crippen LogP contribution is -2.30. The van der Waals surface area contributed by atoms with Crippen LogP contribution in [0.3, 0.4) is 0 Å². The molecule has 2 aromatic carbocycles. The molecule has 3 rings (SSSR count). The number of aromatic nitrogens is 1. The van der Waals surface area contributed by atoms with Crippen molar-refractivity contribution in [3.8, 4) is 0 Å².